The summed E-state index contributed by atoms with van der Waals surface area (Å²) in [6.07, 6.45) is 0. The summed E-state index contributed by atoms with van der Waals surface area (Å²) in [6, 6.07) is 23.4. The minimum absolute atomic E-state index is 0.0652. The summed E-state index contributed by atoms with van der Waals surface area (Å²) < 4.78 is 57.8. The maximum atomic E-state index is 14.3. The van der Waals surface area contributed by atoms with E-state index in [4.69, 9.17) is 23.2 Å². The summed E-state index contributed by atoms with van der Waals surface area (Å²) in [7, 11) is -0.827. The Labute approximate surface area is 467 Å². The second kappa shape index (κ2) is 21.7. The van der Waals surface area contributed by atoms with E-state index < -0.39 is 59.6 Å². The molecule has 2 aliphatic rings. The van der Waals surface area contributed by atoms with Crippen molar-refractivity contribution in [3.8, 4) is 0 Å². The van der Waals surface area contributed by atoms with Gasteiger partial charge in [0.25, 0.3) is 23.2 Å². The highest BCUT2D eigenvalue weighted by molar-refractivity contribution is 7.89. The monoisotopic (exact) mass is 1170 g/mol. The summed E-state index contributed by atoms with van der Waals surface area (Å²) in [5, 5.41) is 32.8. The predicted molar refractivity (Wildman–Crippen MR) is 308 cm³/mol. The molecule has 8 aromatic rings. The number of H-pyrrole nitrogens is 2. The number of anilines is 4. The molecule has 416 valence electrons. The molecule has 27 heteroatoms. The highest BCUT2D eigenvalue weighted by Gasteiger charge is 2.39. The van der Waals surface area contributed by atoms with Gasteiger partial charge in [0.2, 0.25) is 20.0 Å². The van der Waals surface area contributed by atoms with Crippen LogP contribution in [0.4, 0.5) is 38.9 Å². The van der Waals surface area contributed by atoms with Crippen molar-refractivity contribution >= 4 is 139 Å². The van der Waals surface area contributed by atoms with E-state index in [9.17, 15) is 51.4 Å². The maximum absolute atomic E-state index is 14.3. The van der Waals surface area contributed by atoms with Crippen LogP contribution in [-0.4, -0.2) is 144 Å². The minimum Gasteiger partial charge on any atom is -0.351 e. The average molecular weight is 1170 g/mol. The number of alkyl halides is 2. The summed E-state index contributed by atoms with van der Waals surface area (Å²) >= 11 is 12.9. The van der Waals surface area contributed by atoms with E-state index >= 15 is 0 Å². The molecule has 0 saturated carbocycles. The van der Waals surface area contributed by atoms with Gasteiger partial charge in [0, 0.05) is 108 Å². The average Bonchev–Trinajstić information content (AvgIpc) is 4.41. The molecule has 2 atom stereocenters. The molecule has 0 spiro atoms. The van der Waals surface area contributed by atoms with Gasteiger partial charge in [0.1, 0.15) is 11.4 Å². The fourth-order valence-electron chi connectivity index (χ4n) is 10.4. The topological polar surface area (TPSA) is 298 Å². The van der Waals surface area contributed by atoms with E-state index in [-0.39, 0.29) is 92.6 Å². The highest BCUT2D eigenvalue weighted by atomic mass is 35.5. The highest BCUT2D eigenvalue weighted by Crippen LogP contribution is 2.48. The second-order valence-electron chi connectivity index (χ2n) is 20.1. The van der Waals surface area contributed by atoms with Crippen molar-refractivity contribution in [2.24, 2.45) is 0 Å². The Hall–Kier alpha value is -7.75. The van der Waals surface area contributed by atoms with Crippen molar-refractivity contribution in [3.63, 3.8) is 0 Å². The summed E-state index contributed by atoms with van der Waals surface area (Å²) in [6.45, 7) is 1.32. The lowest BCUT2D eigenvalue weighted by Gasteiger charge is -2.17. The molecule has 6 aromatic carbocycles. The number of hydrogen-bond donors (Lipinski definition) is 6. The number of carbonyl (C=O) groups is 3. The molecule has 10 rings (SSSR count). The third kappa shape index (κ3) is 10.6. The molecule has 80 heavy (non-hydrogen) atoms. The molecule has 0 saturated heterocycles. The summed E-state index contributed by atoms with van der Waals surface area (Å²) in [5.74, 6) is -1.75. The standard InChI is InChI=1S/C53H52Cl2N12O11S2/c1-62(2)15-13-56-79(75,76)35-7-9-37-39(21-35)45(66(71)72)23-47-49(37)31(25-54)27-64(47)51(68)43-19-29-17-33(5-11-41(29)60-43)58-53(70)59-34-6-12-42-30(18-34)20-44(61-42)52(69)65-28-32(26-55)50-38-10-8-36(80(77,78)57-14-16-63(3)4)22-40(38)46(67(73)74)24-48(50)65/h5-12,17-24,31-32,56-57,60-61H,13-16,25-28H2,1-4H3,(H2,58,59,70). The first-order valence-electron chi connectivity index (χ1n) is 24.9. The zero-order valence-electron chi connectivity index (χ0n) is 43.3. The van der Waals surface area contributed by atoms with Crippen LogP contribution in [0.3, 0.4) is 0 Å². The van der Waals surface area contributed by atoms with Gasteiger partial charge in [-0.05, 0) is 123 Å². The molecule has 2 aromatic heterocycles. The lowest BCUT2D eigenvalue weighted by Crippen LogP contribution is -2.31. The molecule has 4 amide bonds. The van der Waals surface area contributed by atoms with Crippen molar-refractivity contribution in [1.29, 1.82) is 0 Å². The molecule has 0 aliphatic carbocycles. The molecule has 4 heterocycles. The second-order valence-corrected chi connectivity index (χ2v) is 24.2. The first kappa shape index (κ1) is 55.6. The largest absolute Gasteiger partial charge is 0.351 e. The smallest absolute Gasteiger partial charge is 0.323 e. The maximum Gasteiger partial charge on any atom is 0.323 e. The first-order valence-corrected chi connectivity index (χ1v) is 29.0. The fraction of sp³-hybridized carbons (Fsp3) is 0.264. The van der Waals surface area contributed by atoms with E-state index in [0.717, 1.165) is 0 Å². The number of benzene rings is 6. The number of likely N-dealkylation sites (N-methyl/N-ethyl adjacent to an activating group) is 2. The van der Waals surface area contributed by atoms with Gasteiger partial charge in [-0.25, -0.2) is 31.1 Å². The third-order valence-corrected chi connectivity index (χ3v) is 17.9. The number of aromatic amines is 2. The van der Waals surface area contributed by atoms with Crippen LogP contribution in [0.25, 0.3) is 43.4 Å². The Bertz CT molecular complexity index is 3870. The van der Waals surface area contributed by atoms with Crippen LogP contribution in [0.2, 0.25) is 0 Å². The van der Waals surface area contributed by atoms with Gasteiger partial charge in [-0.3, -0.25) is 29.8 Å². The third-order valence-electron chi connectivity index (χ3n) is 14.2. The number of non-ortho nitro benzene ring substituents is 2. The fourth-order valence-corrected chi connectivity index (χ4v) is 13.0. The number of fused-ring (bicyclic) bond motifs is 8. The van der Waals surface area contributed by atoms with Crippen molar-refractivity contribution in [1.82, 2.24) is 29.2 Å². The van der Waals surface area contributed by atoms with Gasteiger partial charge in [0.15, 0.2) is 0 Å². The Morgan fingerprint density at radius 2 is 0.988 bits per heavy atom. The van der Waals surface area contributed by atoms with Crippen molar-refractivity contribution in [2.45, 2.75) is 21.6 Å². The SMILES string of the molecule is CN(C)CCNS(=O)(=O)c1ccc2c3c(cc([N+](=O)[O-])c2c1)N(C(=O)c1cc2cc(NC(=O)Nc4ccc5[nH]c(C(=O)N6CC(CCl)c7c6cc([N+](=O)[O-])c6cc(S(=O)(=O)NCCN(C)C)ccc76)cc5c4)ccc2[nH]1)CC3CCl. The van der Waals surface area contributed by atoms with Crippen molar-refractivity contribution < 1.29 is 41.1 Å². The lowest BCUT2D eigenvalue weighted by atomic mass is 9.95. The minimum atomic E-state index is -4.01. The van der Waals surface area contributed by atoms with Gasteiger partial charge < -0.3 is 40.2 Å². The lowest BCUT2D eigenvalue weighted by molar-refractivity contribution is -0.383. The number of sulfonamides is 2. The predicted octanol–water partition coefficient (Wildman–Crippen LogP) is 8.06. The molecule has 0 radical (unpaired) electrons. The Morgan fingerprint density at radius 3 is 1.35 bits per heavy atom. The van der Waals surface area contributed by atoms with Crippen LogP contribution in [0, 0.1) is 20.2 Å². The van der Waals surface area contributed by atoms with Gasteiger partial charge in [-0.15, -0.1) is 23.2 Å². The number of urea groups is 1. The van der Waals surface area contributed by atoms with Gasteiger partial charge in [0.05, 0.1) is 41.8 Å². The van der Waals surface area contributed by atoms with Gasteiger partial charge >= 0.3 is 6.03 Å². The van der Waals surface area contributed by atoms with E-state index in [1.54, 1.807) is 76.7 Å². The number of nitrogens with zero attached hydrogens (tertiary/aromatic N) is 6. The van der Waals surface area contributed by atoms with Crippen LogP contribution < -0.4 is 29.9 Å². The van der Waals surface area contributed by atoms with Crippen LogP contribution >= 0.6 is 23.2 Å². The van der Waals surface area contributed by atoms with Gasteiger partial charge in [-0.2, -0.15) is 0 Å². The molecule has 6 N–H and O–H groups in total. The zero-order chi connectivity index (χ0) is 57.1. The molecular formula is C53H52Cl2N12O11S2. The van der Waals surface area contributed by atoms with E-state index in [1.807, 2.05) is 9.80 Å². The van der Waals surface area contributed by atoms with Crippen LogP contribution in [-0.2, 0) is 20.0 Å². The van der Waals surface area contributed by atoms with Crippen LogP contribution in [0.5, 0.6) is 0 Å². The summed E-state index contributed by atoms with van der Waals surface area (Å²) in [5.41, 5.74) is 3.12. The number of nitro benzene ring substituents is 2. The van der Waals surface area contributed by atoms with Crippen molar-refractivity contribution in [3.05, 3.63) is 140 Å². The molecule has 0 fully saturated rings. The molecule has 23 nitrogen and oxygen atoms in total. The van der Waals surface area contributed by atoms with E-state index in [0.29, 0.717) is 68.2 Å². The van der Waals surface area contributed by atoms with Crippen LogP contribution in [0.1, 0.15) is 43.9 Å². The number of aromatic nitrogens is 2. The van der Waals surface area contributed by atoms with Crippen molar-refractivity contribution in [2.75, 3.05) is 99.7 Å². The molecule has 2 aliphatic heterocycles. The Balaban J connectivity index is 0.844. The number of nitro groups is 2. The molecule has 0 bridgehead atoms. The quantitative estimate of drug-likeness (QED) is 0.0269. The Kier molecular flexibility index (Phi) is 15.1. The number of halogens is 2. The molecule has 2 unspecified atom stereocenters. The Morgan fingerprint density at radius 1 is 0.588 bits per heavy atom. The number of carbonyl (C=O) groups excluding carboxylic acids is 3. The number of nitrogens with one attached hydrogen (secondary N) is 6. The van der Waals surface area contributed by atoms with E-state index in [2.05, 4.69) is 30.0 Å². The summed E-state index contributed by atoms with van der Waals surface area (Å²) in [4.78, 5) is 78.3. The van der Waals surface area contributed by atoms with Gasteiger partial charge in [-0.1, -0.05) is 12.1 Å². The number of amides is 4. The molecular weight excluding hydrogens is 1120 g/mol. The zero-order valence-corrected chi connectivity index (χ0v) is 46.4. The number of rotatable bonds is 18. The van der Waals surface area contributed by atoms with E-state index in [1.165, 1.54) is 58.3 Å². The first-order chi connectivity index (χ1) is 38.0. The normalized spacial score (nSPS) is 15.4. The van der Waals surface area contributed by atoms with Crippen LogP contribution in [0.15, 0.2) is 107 Å². The number of hydrogen-bond acceptors (Lipinski definition) is 13.